The number of para-hydroxylation sites is 1. The van der Waals surface area contributed by atoms with Crippen molar-refractivity contribution in [2.24, 2.45) is 10.8 Å². The minimum Gasteiger partial charge on any atom is -0.398 e. The van der Waals surface area contributed by atoms with E-state index < -0.39 is 0 Å². The second kappa shape index (κ2) is 4.24. The van der Waals surface area contributed by atoms with Crippen molar-refractivity contribution < 1.29 is 4.79 Å². The van der Waals surface area contributed by atoms with E-state index in [2.05, 4.69) is 25.7 Å². The van der Waals surface area contributed by atoms with Gasteiger partial charge in [0.1, 0.15) is 0 Å². The fourth-order valence-electron chi connectivity index (χ4n) is 4.54. The molecule has 2 aliphatic rings. The van der Waals surface area contributed by atoms with Crippen LogP contribution in [0.2, 0.25) is 0 Å². The van der Waals surface area contributed by atoms with Gasteiger partial charge in [-0.15, -0.1) is 0 Å². The Bertz CT molecular complexity index is 552. The predicted octanol–water partition coefficient (Wildman–Crippen LogP) is 3.31. The van der Waals surface area contributed by atoms with Gasteiger partial charge in [0.05, 0.1) is 5.56 Å². The Morgan fingerprint density at radius 3 is 2.65 bits per heavy atom. The Kier molecular flexibility index (Phi) is 2.86. The maximum absolute atomic E-state index is 12.8. The number of nitrogens with two attached hydrogens (primary N) is 1. The molecular formula is C17H24N2O. The van der Waals surface area contributed by atoms with Crippen LogP contribution in [-0.4, -0.2) is 23.4 Å². The Morgan fingerprint density at radius 2 is 1.95 bits per heavy atom. The lowest BCUT2D eigenvalue weighted by Gasteiger charge is -2.39. The molecule has 1 saturated carbocycles. The number of rotatable bonds is 1. The zero-order chi connectivity index (χ0) is 14.5. The minimum absolute atomic E-state index is 0.106. The van der Waals surface area contributed by atoms with Crippen molar-refractivity contribution in [2.75, 3.05) is 12.3 Å². The third-order valence-electron chi connectivity index (χ3n) is 4.87. The molecule has 1 amide bonds. The number of hydrogen-bond donors (Lipinski definition) is 1. The van der Waals surface area contributed by atoms with Gasteiger partial charge >= 0.3 is 0 Å². The molecule has 1 aliphatic heterocycles. The van der Waals surface area contributed by atoms with E-state index in [1.807, 2.05) is 18.2 Å². The summed E-state index contributed by atoms with van der Waals surface area (Å²) in [6.45, 7) is 7.83. The van der Waals surface area contributed by atoms with Crippen molar-refractivity contribution in [3.63, 3.8) is 0 Å². The molecule has 2 atom stereocenters. The molecule has 1 saturated heterocycles. The van der Waals surface area contributed by atoms with E-state index in [-0.39, 0.29) is 11.3 Å². The average molecular weight is 272 g/mol. The van der Waals surface area contributed by atoms with Crippen LogP contribution < -0.4 is 5.73 Å². The van der Waals surface area contributed by atoms with Crippen LogP contribution >= 0.6 is 0 Å². The first kappa shape index (κ1) is 13.5. The highest BCUT2D eigenvalue weighted by molar-refractivity contribution is 5.99. The zero-order valence-electron chi connectivity index (χ0n) is 12.6. The third-order valence-corrected chi connectivity index (χ3v) is 4.87. The van der Waals surface area contributed by atoms with Gasteiger partial charge in [-0.2, -0.15) is 0 Å². The summed E-state index contributed by atoms with van der Waals surface area (Å²) in [7, 11) is 0. The summed E-state index contributed by atoms with van der Waals surface area (Å²) >= 11 is 0. The maximum Gasteiger partial charge on any atom is 0.256 e. The normalized spacial score (nSPS) is 31.4. The van der Waals surface area contributed by atoms with Crippen molar-refractivity contribution in [1.82, 2.24) is 4.90 Å². The molecule has 1 aromatic rings. The van der Waals surface area contributed by atoms with Crippen molar-refractivity contribution in [1.29, 1.82) is 0 Å². The number of nitrogen functional groups attached to an aromatic ring is 1. The Balaban J connectivity index is 1.89. The molecular weight excluding hydrogens is 248 g/mol. The summed E-state index contributed by atoms with van der Waals surface area (Å²) in [6.07, 6.45) is 3.43. The molecule has 3 heteroatoms. The van der Waals surface area contributed by atoms with Crippen LogP contribution in [0, 0.1) is 10.8 Å². The topological polar surface area (TPSA) is 46.3 Å². The number of hydrogen-bond acceptors (Lipinski definition) is 2. The van der Waals surface area contributed by atoms with Crippen LogP contribution in [0.15, 0.2) is 24.3 Å². The molecule has 2 bridgehead atoms. The molecule has 1 aliphatic carbocycles. The first-order valence-electron chi connectivity index (χ1n) is 7.45. The number of fused-ring (bicyclic) bond motifs is 2. The molecule has 3 rings (SSSR count). The number of benzene rings is 1. The fraction of sp³-hybridized carbons (Fsp3) is 0.588. The smallest absolute Gasteiger partial charge is 0.256 e. The highest BCUT2D eigenvalue weighted by atomic mass is 16.2. The summed E-state index contributed by atoms with van der Waals surface area (Å²) in [6, 6.07) is 7.78. The van der Waals surface area contributed by atoms with Gasteiger partial charge in [0.2, 0.25) is 0 Å². The van der Waals surface area contributed by atoms with E-state index in [4.69, 9.17) is 5.73 Å². The molecule has 2 unspecified atom stereocenters. The van der Waals surface area contributed by atoms with E-state index in [1.165, 1.54) is 6.42 Å². The van der Waals surface area contributed by atoms with Gasteiger partial charge in [0, 0.05) is 18.3 Å². The summed E-state index contributed by atoms with van der Waals surface area (Å²) in [4.78, 5) is 14.9. The van der Waals surface area contributed by atoms with Crippen LogP contribution in [0.4, 0.5) is 5.69 Å². The Labute approximate surface area is 121 Å². The molecule has 2 fully saturated rings. The van der Waals surface area contributed by atoms with Crippen LogP contribution in [0.3, 0.4) is 0 Å². The summed E-state index contributed by atoms with van der Waals surface area (Å²) < 4.78 is 0. The Morgan fingerprint density at radius 1 is 1.25 bits per heavy atom. The molecule has 3 nitrogen and oxygen atoms in total. The van der Waals surface area contributed by atoms with E-state index in [0.717, 1.165) is 19.4 Å². The van der Waals surface area contributed by atoms with Crippen LogP contribution in [-0.2, 0) is 0 Å². The summed E-state index contributed by atoms with van der Waals surface area (Å²) in [5.74, 6) is 0.106. The van der Waals surface area contributed by atoms with Crippen molar-refractivity contribution in [3.05, 3.63) is 29.8 Å². The molecule has 20 heavy (non-hydrogen) atoms. The molecule has 0 radical (unpaired) electrons. The summed E-state index contributed by atoms with van der Waals surface area (Å²) in [5, 5.41) is 0. The Hall–Kier alpha value is -1.51. The number of anilines is 1. The van der Waals surface area contributed by atoms with E-state index in [1.54, 1.807) is 6.07 Å². The molecule has 0 aromatic heterocycles. The lowest BCUT2D eigenvalue weighted by Crippen LogP contribution is -2.38. The van der Waals surface area contributed by atoms with Gasteiger partial charge < -0.3 is 10.6 Å². The van der Waals surface area contributed by atoms with Crippen molar-refractivity contribution in [3.8, 4) is 0 Å². The minimum atomic E-state index is 0.106. The number of amides is 1. The quantitative estimate of drug-likeness (QED) is 0.797. The average Bonchev–Trinajstić information content (AvgIpc) is 2.58. The van der Waals surface area contributed by atoms with Gasteiger partial charge in [-0.05, 0) is 42.2 Å². The molecule has 0 spiro atoms. The standard InChI is InChI=1S/C17H24N2O/c1-16(2)8-12-9-17(3,10-16)11-19(12)15(20)13-6-4-5-7-14(13)18/h4-7,12H,8-11,18H2,1-3H3. The first-order chi connectivity index (χ1) is 9.30. The molecule has 1 aromatic carbocycles. The first-order valence-corrected chi connectivity index (χ1v) is 7.45. The van der Waals surface area contributed by atoms with Crippen LogP contribution in [0.5, 0.6) is 0 Å². The fourth-order valence-corrected chi connectivity index (χ4v) is 4.54. The lowest BCUT2D eigenvalue weighted by molar-refractivity contribution is 0.0709. The van der Waals surface area contributed by atoms with E-state index >= 15 is 0 Å². The number of likely N-dealkylation sites (tertiary alicyclic amines) is 1. The summed E-state index contributed by atoms with van der Waals surface area (Å²) in [5.41, 5.74) is 7.80. The molecule has 1 heterocycles. The molecule has 2 N–H and O–H groups in total. The van der Waals surface area contributed by atoms with Crippen molar-refractivity contribution >= 4 is 11.6 Å². The highest BCUT2D eigenvalue weighted by Gasteiger charge is 2.51. The maximum atomic E-state index is 12.8. The van der Waals surface area contributed by atoms with E-state index in [9.17, 15) is 4.79 Å². The lowest BCUT2D eigenvalue weighted by atomic mass is 9.65. The second-order valence-corrected chi connectivity index (χ2v) is 7.73. The monoisotopic (exact) mass is 272 g/mol. The van der Waals surface area contributed by atoms with Crippen LogP contribution in [0.25, 0.3) is 0 Å². The van der Waals surface area contributed by atoms with Gasteiger partial charge in [-0.1, -0.05) is 32.9 Å². The van der Waals surface area contributed by atoms with E-state index in [0.29, 0.717) is 22.7 Å². The van der Waals surface area contributed by atoms with Gasteiger partial charge in [-0.25, -0.2) is 0 Å². The SMILES string of the molecule is CC1(C)CC2CC(C)(CN2C(=O)c2ccccc2N)C1. The third kappa shape index (κ3) is 2.19. The predicted molar refractivity (Wildman–Crippen MR) is 81.4 cm³/mol. The van der Waals surface area contributed by atoms with Gasteiger partial charge in [0.25, 0.3) is 5.91 Å². The zero-order valence-corrected chi connectivity index (χ0v) is 12.6. The molecule has 108 valence electrons. The number of nitrogens with zero attached hydrogens (tertiary/aromatic N) is 1. The number of carbonyl (C=O) groups excluding carboxylic acids is 1. The highest BCUT2D eigenvalue weighted by Crippen LogP contribution is 2.52. The van der Waals surface area contributed by atoms with Crippen LogP contribution in [0.1, 0.15) is 50.4 Å². The number of carbonyl (C=O) groups is 1. The second-order valence-electron chi connectivity index (χ2n) is 7.73. The van der Waals surface area contributed by atoms with Gasteiger partial charge in [0.15, 0.2) is 0 Å². The van der Waals surface area contributed by atoms with Gasteiger partial charge in [-0.3, -0.25) is 4.79 Å². The largest absolute Gasteiger partial charge is 0.398 e. The van der Waals surface area contributed by atoms with Crippen molar-refractivity contribution in [2.45, 2.75) is 46.1 Å².